The van der Waals surface area contributed by atoms with E-state index in [0.717, 1.165) is 49.5 Å². The van der Waals surface area contributed by atoms with E-state index in [-0.39, 0.29) is 19.2 Å². The summed E-state index contributed by atoms with van der Waals surface area (Å²) in [5.41, 5.74) is 6.28. The van der Waals surface area contributed by atoms with Crippen LogP contribution < -0.4 is 9.47 Å². The predicted octanol–water partition coefficient (Wildman–Crippen LogP) is 9.71. The number of aliphatic carboxylic acids is 1. The zero-order valence-electron chi connectivity index (χ0n) is 27.9. The molecule has 6 rings (SSSR count). The standard InChI is InChI=1S/C29H22N2O3.C12H15BrO3/c32-26(33)19-34-23-15-9-14-22(18-23)24-16-7-8-17-25(24)29-30-27(20-10-3-1-4-11-20)28(31-29)21-12-5-2-6-13-21;1-12(2,3)16-11(14)8-15-10-6-4-5-9(13)7-10/h1-18H,19H2,(H,30,31)(H,32,33);4-7H,8H2,1-3H3. The molecule has 9 heteroatoms. The molecule has 50 heavy (non-hydrogen) atoms. The largest absolute Gasteiger partial charge is 0.482 e. The molecule has 8 nitrogen and oxygen atoms in total. The Balaban J connectivity index is 0.000000256. The second-order valence-corrected chi connectivity index (χ2v) is 13.0. The molecule has 0 bridgehead atoms. The number of rotatable bonds is 10. The summed E-state index contributed by atoms with van der Waals surface area (Å²) in [6, 6.07) is 43.1. The van der Waals surface area contributed by atoms with Gasteiger partial charge in [0.15, 0.2) is 13.2 Å². The van der Waals surface area contributed by atoms with Gasteiger partial charge in [0, 0.05) is 21.2 Å². The number of hydrogen-bond acceptors (Lipinski definition) is 6. The van der Waals surface area contributed by atoms with Crippen LogP contribution in [0.25, 0.3) is 45.0 Å². The minimum atomic E-state index is -1.01. The fraction of sp³-hybridized carbons (Fsp3) is 0.146. The summed E-state index contributed by atoms with van der Waals surface area (Å²) in [5.74, 6) is 0.519. The van der Waals surface area contributed by atoms with Crippen molar-refractivity contribution in [3.8, 4) is 56.5 Å². The van der Waals surface area contributed by atoms with Gasteiger partial charge in [-0.3, -0.25) is 0 Å². The average Bonchev–Trinajstić information content (AvgIpc) is 3.56. The first-order valence-electron chi connectivity index (χ1n) is 15.9. The predicted molar refractivity (Wildman–Crippen MR) is 199 cm³/mol. The summed E-state index contributed by atoms with van der Waals surface area (Å²) < 4.78 is 16.7. The molecule has 0 aliphatic heterocycles. The summed E-state index contributed by atoms with van der Waals surface area (Å²) >= 11 is 3.32. The molecule has 0 atom stereocenters. The fourth-order valence-electron chi connectivity index (χ4n) is 5.03. The van der Waals surface area contributed by atoms with Crippen molar-refractivity contribution >= 4 is 27.9 Å². The number of carboxylic acids is 1. The third-order valence-electron chi connectivity index (χ3n) is 7.08. The molecule has 0 fully saturated rings. The van der Waals surface area contributed by atoms with Crippen LogP contribution in [0.1, 0.15) is 20.8 Å². The van der Waals surface area contributed by atoms with Gasteiger partial charge in [-0.25, -0.2) is 14.6 Å². The molecule has 5 aromatic carbocycles. The van der Waals surface area contributed by atoms with Crippen molar-refractivity contribution < 1.29 is 28.9 Å². The monoisotopic (exact) mass is 732 g/mol. The van der Waals surface area contributed by atoms with E-state index in [1.54, 1.807) is 18.2 Å². The SMILES string of the molecule is CC(C)(C)OC(=O)COc1cccc(Br)c1.O=C(O)COc1cccc(-c2ccccc2-c2nc(-c3ccccc3)c(-c3ccccc3)[nH]2)c1. The van der Waals surface area contributed by atoms with Gasteiger partial charge in [-0.2, -0.15) is 0 Å². The average molecular weight is 734 g/mol. The van der Waals surface area contributed by atoms with Crippen LogP contribution in [-0.4, -0.2) is 45.8 Å². The van der Waals surface area contributed by atoms with Gasteiger partial charge in [0.1, 0.15) is 22.9 Å². The first-order valence-corrected chi connectivity index (χ1v) is 16.7. The number of aromatic nitrogens is 2. The first-order chi connectivity index (χ1) is 24.1. The van der Waals surface area contributed by atoms with Gasteiger partial charge in [0.2, 0.25) is 0 Å². The van der Waals surface area contributed by atoms with Gasteiger partial charge in [0.05, 0.1) is 11.4 Å². The van der Waals surface area contributed by atoms with Crippen LogP contribution in [0.4, 0.5) is 0 Å². The van der Waals surface area contributed by atoms with E-state index in [2.05, 4.69) is 45.2 Å². The molecule has 0 aliphatic carbocycles. The molecule has 254 valence electrons. The van der Waals surface area contributed by atoms with Crippen LogP contribution >= 0.6 is 15.9 Å². The van der Waals surface area contributed by atoms with E-state index in [4.69, 9.17) is 24.3 Å². The Bertz CT molecular complexity index is 1980. The van der Waals surface area contributed by atoms with Crippen LogP contribution in [0.2, 0.25) is 0 Å². The zero-order chi connectivity index (χ0) is 35.5. The van der Waals surface area contributed by atoms with E-state index in [9.17, 15) is 9.59 Å². The number of esters is 1. The molecule has 1 aromatic heterocycles. The van der Waals surface area contributed by atoms with Crippen LogP contribution in [0.3, 0.4) is 0 Å². The third-order valence-corrected chi connectivity index (χ3v) is 7.57. The number of halogens is 1. The van der Waals surface area contributed by atoms with Crippen molar-refractivity contribution in [2.45, 2.75) is 26.4 Å². The first kappa shape index (κ1) is 35.6. The highest BCUT2D eigenvalue weighted by molar-refractivity contribution is 9.10. The lowest BCUT2D eigenvalue weighted by molar-refractivity contribution is -0.157. The number of imidazole rings is 1. The van der Waals surface area contributed by atoms with Crippen LogP contribution in [0, 0.1) is 0 Å². The van der Waals surface area contributed by atoms with E-state index in [0.29, 0.717) is 11.5 Å². The summed E-state index contributed by atoms with van der Waals surface area (Å²) in [4.78, 5) is 30.8. The number of carboxylic acid groups (broad SMARTS) is 1. The Morgan fingerprint density at radius 3 is 1.88 bits per heavy atom. The zero-order valence-corrected chi connectivity index (χ0v) is 29.5. The van der Waals surface area contributed by atoms with Crippen molar-refractivity contribution in [3.05, 3.63) is 138 Å². The minimum absolute atomic E-state index is 0.0757. The lowest BCUT2D eigenvalue weighted by Crippen LogP contribution is -2.27. The van der Waals surface area contributed by atoms with Crippen molar-refractivity contribution in [2.24, 2.45) is 0 Å². The van der Waals surface area contributed by atoms with Crippen LogP contribution in [0.5, 0.6) is 11.5 Å². The van der Waals surface area contributed by atoms with Crippen LogP contribution in [0.15, 0.2) is 138 Å². The van der Waals surface area contributed by atoms with E-state index < -0.39 is 11.6 Å². The van der Waals surface area contributed by atoms with E-state index in [1.807, 2.05) is 112 Å². The van der Waals surface area contributed by atoms with Gasteiger partial charge in [-0.1, -0.05) is 119 Å². The molecule has 0 saturated heterocycles. The second kappa shape index (κ2) is 16.6. The Kier molecular flexibility index (Phi) is 11.9. The number of ether oxygens (including phenoxy) is 3. The molecule has 0 saturated carbocycles. The normalized spacial score (nSPS) is 10.8. The molecule has 0 aliphatic rings. The molecule has 0 amide bonds. The number of hydrogen-bond donors (Lipinski definition) is 2. The van der Waals surface area contributed by atoms with Crippen molar-refractivity contribution in [2.75, 3.05) is 13.2 Å². The smallest absolute Gasteiger partial charge is 0.344 e. The van der Waals surface area contributed by atoms with Gasteiger partial charge in [-0.05, 0) is 62.2 Å². The van der Waals surface area contributed by atoms with Crippen molar-refractivity contribution in [1.82, 2.24) is 9.97 Å². The number of carbonyl (C=O) groups is 2. The Morgan fingerprint density at radius 1 is 0.680 bits per heavy atom. The molecule has 0 spiro atoms. The summed E-state index contributed by atoms with van der Waals surface area (Å²) in [6.45, 7) is 5.01. The number of benzene rings is 5. The molecular weight excluding hydrogens is 696 g/mol. The Labute approximate surface area is 299 Å². The highest BCUT2D eigenvalue weighted by atomic mass is 79.9. The summed E-state index contributed by atoms with van der Waals surface area (Å²) in [7, 11) is 0. The molecule has 0 unspecified atom stereocenters. The topological polar surface area (TPSA) is 111 Å². The molecule has 6 aromatic rings. The quantitative estimate of drug-likeness (QED) is 0.135. The summed E-state index contributed by atoms with van der Waals surface area (Å²) in [5, 5.41) is 8.93. The lowest BCUT2D eigenvalue weighted by atomic mass is 9.99. The Morgan fingerprint density at radius 2 is 1.24 bits per heavy atom. The second-order valence-electron chi connectivity index (χ2n) is 12.1. The molecular formula is C41H37BrN2O6. The summed E-state index contributed by atoms with van der Waals surface area (Å²) in [6.07, 6.45) is 0. The minimum Gasteiger partial charge on any atom is -0.482 e. The lowest BCUT2D eigenvalue weighted by Gasteiger charge is -2.19. The number of nitrogens with zero attached hydrogens (tertiary/aromatic N) is 1. The Hall–Kier alpha value is -5.67. The van der Waals surface area contributed by atoms with Crippen molar-refractivity contribution in [3.63, 3.8) is 0 Å². The fourth-order valence-corrected chi connectivity index (χ4v) is 5.41. The van der Waals surface area contributed by atoms with Gasteiger partial charge < -0.3 is 24.3 Å². The van der Waals surface area contributed by atoms with Gasteiger partial charge in [-0.15, -0.1) is 0 Å². The van der Waals surface area contributed by atoms with E-state index >= 15 is 0 Å². The maximum Gasteiger partial charge on any atom is 0.344 e. The highest BCUT2D eigenvalue weighted by Gasteiger charge is 2.18. The molecule has 0 radical (unpaired) electrons. The van der Waals surface area contributed by atoms with Crippen LogP contribution in [-0.2, 0) is 14.3 Å². The third kappa shape index (κ3) is 10.2. The number of nitrogens with one attached hydrogen (secondary N) is 1. The van der Waals surface area contributed by atoms with E-state index in [1.165, 1.54) is 0 Å². The van der Waals surface area contributed by atoms with Gasteiger partial charge >= 0.3 is 11.9 Å². The maximum absolute atomic E-state index is 11.4. The number of carbonyl (C=O) groups excluding carboxylic acids is 1. The highest BCUT2D eigenvalue weighted by Crippen LogP contribution is 2.37. The molecule has 1 heterocycles. The van der Waals surface area contributed by atoms with Crippen molar-refractivity contribution in [1.29, 1.82) is 0 Å². The molecule has 2 N–H and O–H groups in total. The van der Waals surface area contributed by atoms with Gasteiger partial charge in [0.25, 0.3) is 0 Å². The number of H-pyrrole nitrogens is 1. The maximum atomic E-state index is 11.4. The number of aromatic amines is 1.